The van der Waals surface area contributed by atoms with Crippen LogP contribution in [0.15, 0.2) is 4.99 Å². The highest BCUT2D eigenvalue weighted by atomic mass is 32.2. The van der Waals surface area contributed by atoms with Crippen molar-refractivity contribution in [2.75, 3.05) is 39.3 Å². The van der Waals surface area contributed by atoms with E-state index in [0.29, 0.717) is 49.3 Å². The summed E-state index contributed by atoms with van der Waals surface area (Å²) in [7, 11) is -5.26. The van der Waals surface area contributed by atoms with Gasteiger partial charge in [0.15, 0.2) is 5.96 Å². The molecule has 1 fully saturated rings. The Labute approximate surface area is 170 Å². The summed E-state index contributed by atoms with van der Waals surface area (Å²) in [6.07, 6.45) is 0.639. The second-order valence-corrected chi connectivity index (χ2v) is 9.87. The van der Waals surface area contributed by atoms with Crippen LogP contribution in [0, 0.1) is 11.3 Å². The van der Waals surface area contributed by atoms with E-state index in [4.69, 9.17) is 0 Å². The minimum Gasteiger partial charge on any atom is -0.357 e. The summed E-state index contributed by atoms with van der Waals surface area (Å²) in [5, 5.41) is 8.97. The zero-order valence-electron chi connectivity index (χ0n) is 17.4. The van der Waals surface area contributed by atoms with Gasteiger partial charge in [-0.15, -0.1) is 0 Å². The molecule has 1 heterocycles. The zero-order valence-corrected chi connectivity index (χ0v) is 18.2. The predicted molar refractivity (Wildman–Crippen MR) is 106 cm³/mol. The molecule has 0 unspecified atom stereocenters. The summed E-state index contributed by atoms with van der Waals surface area (Å²) in [5.41, 5.74) is -5.73. The van der Waals surface area contributed by atoms with Crippen LogP contribution in [0.1, 0.15) is 40.5 Å². The van der Waals surface area contributed by atoms with Gasteiger partial charge in [-0.05, 0) is 25.7 Å². The fourth-order valence-electron chi connectivity index (χ4n) is 2.66. The lowest BCUT2D eigenvalue weighted by Gasteiger charge is -2.30. The van der Waals surface area contributed by atoms with E-state index in [2.05, 4.69) is 20.9 Å². The number of sulfonamides is 1. The summed E-state index contributed by atoms with van der Waals surface area (Å²) < 4.78 is 61.3. The van der Waals surface area contributed by atoms with Gasteiger partial charge >= 0.3 is 15.5 Å². The average Bonchev–Trinajstić information content (AvgIpc) is 2.61. The highest BCUT2D eigenvalue weighted by molar-refractivity contribution is 7.90. The molecule has 1 aliphatic rings. The van der Waals surface area contributed by atoms with E-state index in [9.17, 15) is 26.4 Å². The topological polar surface area (TPSA) is 103 Å². The number of nitrogens with zero attached hydrogens (tertiary/aromatic N) is 2. The lowest BCUT2D eigenvalue weighted by Crippen LogP contribution is -2.45. The Kier molecular flexibility index (Phi) is 9.19. The molecule has 1 saturated heterocycles. The van der Waals surface area contributed by atoms with Crippen molar-refractivity contribution in [1.29, 1.82) is 0 Å². The fraction of sp³-hybridized carbons (Fsp3) is 0.882. The molecular formula is C17H32F3N5O3S. The highest BCUT2D eigenvalue weighted by Crippen LogP contribution is 2.30. The van der Waals surface area contributed by atoms with Crippen molar-refractivity contribution in [3.8, 4) is 0 Å². The number of nitrogens with one attached hydrogen (secondary N) is 3. The maximum absolute atomic E-state index is 12.6. The van der Waals surface area contributed by atoms with Crippen LogP contribution in [-0.4, -0.2) is 69.4 Å². The minimum atomic E-state index is -5.26. The third-order valence-electron chi connectivity index (χ3n) is 4.44. The van der Waals surface area contributed by atoms with Gasteiger partial charge in [0.05, 0.1) is 0 Å². The molecule has 0 spiro atoms. The smallest absolute Gasteiger partial charge is 0.357 e. The summed E-state index contributed by atoms with van der Waals surface area (Å²) >= 11 is 0. The van der Waals surface area contributed by atoms with E-state index in [0.717, 1.165) is 0 Å². The van der Waals surface area contributed by atoms with Crippen LogP contribution in [0.4, 0.5) is 13.2 Å². The van der Waals surface area contributed by atoms with Gasteiger partial charge in [0.1, 0.15) is 0 Å². The van der Waals surface area contributed by atoms with Gasteiger partial charge in [-0.25, -0.2) is 8.42 Å². The SMILES string of the molecule is CCNC(=NCC1CCN(S(=O)(=O)C(F)(F)F)CC1)NCCNC(=O)C(C)(C)C. The Morgan fingerprint density at radius 1 is 1.07 bits per heavy atom. The molecule has 1 rings (SSSR count). The monoisotopic (exact) mass is 443 g/mol. The first kappa shape index (κ1) is 25.5. The maximum Gasteiger partial charge on any atom is 0.511 e. The van der Waals surface area contributed by atoms with Gasteiger partial charge in [-0.2, -0.15) is 17.5 Å². The van der Waals surface area contributed by atoms with Crippen molar-refractivity contribution >= 4 is 21.9 Å². The van der Waals surface area contributed by atoms with E-state index < -0.39 is 20.9 Å². The number of guanidine groups is 1. The Hall–Kier alpha value is -1.56. The molecule has 0 saturated carbocycles. The maximum atomic E-state index is 12.6. The van der Waals surface area contributed by atoms with Gasteiger partial charge in [-0.1, -0.05) is 20.8 Å². The molecule has 1 amide bonds. The molecule has 1 aliphatic heterocycles. The van der Waals surface area contributed by atoms with E-state index in [-0.39, 0.29) is 24.9 Å². The van der Waals surface area contributed by atoms with Crippen molar-refractivity contribution < 1.29 is 26.4 Å². The third kappa shape index (κ3) is 8.00. The Morgan fingerprint density at radius 2 is 1.62 bits per heavy atom. The minimum absolute atomic E-state index is 0.00531. The summed E-state index contributed by atoms with van der Waals surface area (Å²) in [6, 6.07) is 0. The number of alkyl halides is 3. The van der Waals surface area contributed by atoms with Gasteiger partial charge in [0, 0.05) is 44.7 Å². The van der Waals surface area contributed by atoms with Gasteiger partial charge in [0.2, 0.25) is 5.91 Å². The molecule has 0 atom stereocenters. The molecule has 0 aliphatic carbocycles. The molecular weight excluding hydrogens is 411 g/mol. The second-order valence-electron chi connectivity index (χ2n) is 7.95. The van der Waals surface area contributed by atoms with E-state index in [1.165, 1.54) is 0 Å². The summed E-state index contributed by atoms with van der Waals surface area (Å²) in [4.78, 5) is 16.3. The van der Waals surface area contributed by atoms with E-state index in [1.54, 1.807) is 0 Å². The molecule has 0 radical (unpaired) electrons. The summed E-state index contributed by atoms with van der Waals surface area (Å²) in [6.45, 7) is 8.95. The van der Waals surface area contributed by atoms with Crippen molar-refractivity contribution in [2.24, 2.45) is 16.3 Å². The Morgan fingerprint density at radius 3 is 2.10 bits per heavy atom. The van der Waals surface area contributed by atoms with E-state index in [1.807, 2.05) is 27.7 Å². The average molecular weight is 444 g/mol. The lowest BCUT2D eigenvalue weighted by atomic mass is 9.96. The largest absolute Gasteiger partial charge is 0.511 e. The lowest BCUT2D eigenvalue weighted by molar-refractivity contribution is -0.128. The first-order valence-corrected chi connectivity index (χ1v) is 11.1. The molecule has 3 N–H and O–H groups in total. The summed E-state index contributed by atoms with van der Waals surface area (Å²) in [5.74, 6) is 0.496. The number of hydrogen-bond acceptors (Lipinski definition) is 4. The molecule has 0 aromatic heterocycles. The third-order valence-corrected chi connectivity index (χ3v) is 6.07. The molecule has 0 aromatic rings. The highest BCUT2D eigenvalue weighted by Gasteiger charge is 2.50. The quantitative estimate of drug-likeness (QED) is 0.312. The Bertz CT molecular complexity index is 667. The molecule has 0 bridgehead atoms. The number of hydrogen-bond donors (Lipinski definition) is 3. The van der Waals surface area contributed by atoms with Crippen molar-refractivity contribution in [3.63, 3.8) is 0 Å². The van der Waals surface area contributed by atoms with Crippen LogP contribution in [0.2, 0.25) is 0 Å². The Balaban J connectivity index is 2.48. The number of aliphatic imine (C=N–C) groups is 1. The second kappa shape index (κ2) is 10.5. The van der Waals surface area contributed by atoms with Crippen LogP contribution in [0.3, 0.4) is 0 Å². The van der Waals surface area contributed by atoms with Crippen LogP contribution < -0.4 is 16.0 Å². The van der Waals surface area contributed by atoms with Gasteiger partial charge in [-0.3, -0.25) is 9.79 Å². The molecule has 29 heavy (non-hydrogen) atoms. The van der Waals surface area contributed by atoms with E-state index >= 15 is 0 Å². The number of piperidine rings is 1. The van der Waals surface area contributed by atoms with Crippen LogP contribution in [0.5, 0.6) is 0 Å². The number of carbonyl (C=O) groups is 1. The number of rotatable bonds is 7. The van der Waals surface area contributed by atoms with Crippen molar-refractivity contribution in [2.45, 2.75) is 46.0 Å². The molecule has 8 nitrogen and oxygen atoms in total. The molecule has 170 valence electrons. The van der Waals surface area contributed by atoms with Crippen molar-refractivity contribution in [3.05, 3.63) is 0 Å². The number of halogens is 3. The first-order valence-electron chi connectivity index (χ1n) is 9.66. The first-order chi connectivity index (χ1) is 13.3. The van der Waals surface area contributed by atoms with Gasteiger partial charge in [0.25, 0.3) is 0 Å². The van der Waals surface area contributed by atoms with Gasteiger partial charge < -0.3 is 16.0 Å². The molecule has 12 heteroatoms. The number of amides is 1. The standard InChI is InChI=1S/C17H32F3N5O3S/c1-5-21-15(23-9-8-22-14(26)16(2,3)4)24-12-13-6-10-25(11-7-13)29(27,28)17(18,19)20/h13H,5-12H2,1-4H3,(H,22,26)(H2,21,23,24). The predicted octanol–water partition coefficient (Wildman–Crippen LogP) is 1.27. The normalized spacial score (nSPS) is 17.8. The van der Waals surface area contributed by atoms with Crippen LogP contribution in [-0.2, 0) is 14.8 Å². The number of carbonyl (C=O) groups excluding carboxylic acids is 1. The van der Waals surface area contributed by atoms with Crippen LogP contribution >= 0.6 is 0 Å². The fourth-order valence-corrected chi connectivity index (χ4v) is 3.65. The van der Waals surface area contributed by atoms with Crippen LogP contribution in [0.25, 0.3) is 0 Å². The zero-order chi connectivity index (χ0) is 22.3. The van der Waals surface area contributed by atoms with Crippen molar-refractivity contribution in [1.82, 2.24) is 20.3 Å². The molecule has 0 aromatic carbocycles.